The fourth-order valence-corrected chi connectivity index (χ4v) is 2.26. The first-order valence-electron chi connectivity index (χ1n) is 6.30. The molecule has 1 heterocycles. The van der Waals surface area contributed by atoms with Crippen LogP contribution >= 0.6 is 15.9 Å². The maximum atomic E-state index is 13.6. The van der Waals surface area contributed by atoms with E-state index in [1.807, 2.05) is 12.1 Å². The van der Waals surface area contributed by atoms with E-state index in [1.54, 1.807) is 13.2 Å². The molecule has 0 saturated carbocycles. The molecule has 1 aromatic carbocycles. The topological polar surface area (TPSA) is 24.9 Å². The van der Waals surface area contributed by atoms with Gasteiger partial charge in [-0.15, -0.1) is 0 Å². The molecule has 0 bridgehead atoms. The van der Waals surface area contributed by atoms with E-state index in [0.717, 1.165) is 10.2 Å². The second kappa shape index (κ2) is 6.90. The fraction of sp³-hybridized carbons (Fsp3) is 0.267. The molecule has 1 aromatic heterocycles. The quantitative estimate of drug-likeness (QED) is 0.901. The normalized spacial score (nSPS) is 12.4. The van der Waals surface area contributed by atoms with E-state index in [-0.39, 0.29) is 18.0 Å². The molecule has 0 spiro atoms. The van der Waals surface area contributed by atoms with Crippen molar-refractivity contribution in [1.82, 2.24) is 10.3 Å². The number of likely N-dealkylation sites (N-methyl/N-ethyl adjacent to an activating group) is 1. The van der Waals surface area contributed by atoms with Crippen LogP contribution < -0.4 is 5.32 Å². The van der Waals surface area contributed by atoms with Gasteiger partial charge in [-0.25, -0.2) is 8.78 Å². The molecule has 2 aromatic rings. The highest BCUT2D eigenvalue weighted by Gasteiger charge is 2.15. The molecule has 0 amide bonds. The van der Waals surface area contributed by atoms with Gasteiger partial charge in [0.2, 0.25) is 0 Å². The lowest BCUT2D eigenvalue weighted by Gasteiger charge is -2.16. The summed E-state index contributed by atoms with van der Waals surface area (Å²) < 4.78 is 28.2. The van der Waals surface area contributed by atoms with Gasteiger partial charge in [-0.3, -0.25) is 4.98 Å². The Kier molecular flexibility index (Phi) is 5.20. The molecule has 0 fully saturated rings. The lowest BCUT2D eigenvalue weighted by atomic mass is 10.0. The molecule has 20 heavy (non-hydrogen) atoms. The third-order valence-corrected chi connectivity index (χ3v) is 3.63. The Bertz CT molecular complexity index is 552. The number of halogens is 3. The van der Waals surface area contributed by atoms with Crippen molar-refractivity contribution in [3.63, 3.8) is 0 Å². The van der Waals surface area contributed by atoms with Crippen LogP contribution in [0.5, 0.6) is 0 Å². The van der Waals surface area contributed by atoms with Crippen LogP contribution in [0.2, 0.25) is 0 Å². The third kappa shape index (κ3) is 3.84. The van der Waals surface area contributed by atoms with Crippen molar-refractivity contribution >= 4 is 15.9 Å². The summed E-state index contributed by atoms with van der Waals surface area (Å²) in [5.41, 5.74) is 0.994. The summed E-state index contributed by atoms with van der Waals surface area (Å²) in [5, 5.41) is 3.08. The highest BCUT2D eigenvalue weighted by Crippen LogP contribution is 2.16. The Morgan fingerprint density at radius 1 is 1.15 bits per heavy atom. The maximum absolute atomic E-state index is 13.6. The van der Waals surface area contributed by atoms with Gasteiger partial charge in [-0.1, -0.05) is 6.07 Å². The lowest BCUT2D eigenvalue weighted by molar-refractivity contribution is 0.499. The van der Waals surface area contributed by atoms with Crippen LogP contribution in [0.15, 0.2) is 41.0 Å². The number of nitrogens with one attached hydrogen (secondary N) is 1. The van der Waals surface area contributed by atoms with E-state index in [4.69, 9.17) is 0 Å². The van der Waals surface area contributed by atoms with Crippen LogP contribution in [0.1, 0.15) is 11.3 Å². The second-order valence-electron chi connectivity index (χ2n) is 4.56. The van der Waals surface area contributed by atoms with Crippen LogP contribution in [-0.4, -0.2) is 18.1 Å². The zero-order valence-corrected chi connectivity index (χ0v) is 12.6. The van der Waals surface area contributed by atoms with Gasteiger partial charge in [-0.2, -0.15) is 0 Å². The molecule has 5 heteroatoms. The Labute approximate surface area is 125 Å². The molecular formula is C15H15BrF2N2. The van der Waals surface area contributed by atoms with E-state index in [1.165, 1.54) is 18.2 Å². The largest absolute Gasteiger partial charge is 0.316 e. The summed E-state index contributed by atoms with van der Waals surface area (Å²) in [7, 11) is 1.78. The van der Waals surface area contributed by atoms with Gasteiger partial charge in [0.25, 0.3) is 0 Å². The van der Waals surface area contributed by atoms with E-state index in [9.17, 15) is 8.78 Å². The summed E-state index contributed by atoms with van der Waals surface area (Å²) in [6.07, 6.45) is 2.61. The number of aromatic nitrogens is 1. The molecule has 2 rings (SSSR count). The number of hydrogen-bond acceptors (Lipinski definition) is 2. The van der Waals surface area contributed by atoms with Crippen LogP contribution in [0.25, 0.3) is 0 Å². The molecule has 0 saturated heterocycles. The summed E-state index contributed by atoms with van der Waals surface area (Å²) in [6, 6.07) is 7.66. The van der Waals surface area contributed by atoms with E-state index >= 15 is 0 Å². The average Bonchev–Trinajstić information content (AvgIpc) is 2.44. The first-order valence-corrected chi connectivity index (χ1v) is 7.10. The van der Waals surface area contributed by atoms with Gasteiger partial charge in [0.15, 0.2) is 0 Å². The third-order valence-electron chi connectivity index (χ3n) is 3.16. The molecule has 2 nitrogen and oxygen atoms in total. The molecule has 1 N–H and O–H groups in total. The minimum Gasteiger partial charge on any atom is -0.316 e. The lowest BCUT2D eigenvalue weighted by Crippen LogP contribution is -2.31. The van der Waals surface area contributed by atoms with Crippen LogP contribution in [0.4, 0.5) is 8.78 Å². The van der Waals surface area contributed by atoms with Crippen molar-refractivity contribution in [3.05, 3.63) is 63.9 Å². The second-order valence-corrected chi connectivity index (χ2v) is 5.48. The van der Waals surface area contributed by atoms with Gasteiger partial charge >= 0.3 is 0 Å². The first kappa shape index (κ1) is 15.1. The predicted molar refractivity (Wildman–Crippen MR) is 78.6 cm³/mol. The summed E-state index contributed by atoms with van der Waals surface area (Å²) >= 11 is 3.32. The minimum absolute atomic E-state index is 0.0740. The van der Waals surface area contributed by atoms with Crippen molar-refractivity contribution in [2.24, 2.45) is 0 Å². The summed E-state index contributed by atoms with van der Waals surface area (Å²) in [5.74, 6) is -1.01. The Hall–Kier alpha value is -1.33. The van der Waals surface area contributed by atoms with E-state index in [0.29, 0.717) is 6.42 Å². The van der Waals surface area contributed by atoms with Crippen molar-refractivity contribution in [3.8, 4) is 0 Å². The van der Waals surface area contributed by atoms with Gasteiger partial charge in [-0.05, 0) is 53.7 Å². The van der Waals surface area contributed by atoms with E-state index in [2.05, 4.69) is 26.2 Å². The predicted octanol–water partition coefficient (Wildman–Crippen LogP) is 3.50. The standard InChI is InChI=1S/C15H15BrF2N2/c1-19-12(7-11-6-5-10(16)9-20-11)8-13-14(17)3-2-4-15(13)18/h2-6,9,12,19H,7-8H2,1H3. The van der Waals surface area contributed by atoms with E-state index < -0.39 is 11.6 Å². The molecular weight excluding hydrogens is 326 g/mol. The molecule has 106 valence electrons. The van der Waals surface area contributed by atoms with Crippen LogP contribution in [0, 0.1) is 11.6 Å². The van der Waals surface area contributed by atoms with Gasteiger partial charge in [0.1, 0.15) is 11.6 Å². The smallest absolute Gasteiger partial charge is 0.129 e. The highest BCUT2D eigenvalue weighted by molar-refractivity contribution is 9.10. The number of nitrogens with zero attached hydrogens (tertiary/aromatic N) is 1. The summed E-state index contributed by atoms with van der Waals surface area (Å²) in [4.78, 5) is 4.28. The molecule has 0 aliphatic rings. The van der Waals surface area contributed by atoms with Crippen LogP contribution in [-0.2, 0) is 12.8 Å². The Morgan fingerprint density at radius 2 is 1.85 bits per heavy atom. The number of hydrogen-bond donors (Lipinski definition) is 1. The van der Waals surface area contributed by atoms with Gasteiger partial charge < -0.3 is 5.32 Å². The Balaban J connectivity index is 2.11. The maximum Gasteiger partial charge on any atom is 0.129 e. The molecule has 1 unspecified atom stereocenters. The van der Waals surface area contributed by atoms with Crippen molar-refractivity contribution in [2.45, 2.75) is 18.9 Å². The summed E-state index contributed by atoms with van der Waals surface area (Å²) in [6.45, 7) is 0. The zero-order valence-electron chi connectivity index (χ0n) is 11.0. The minimum atomic E-state index is -0.506. The van der Waals surface area contributed by atoms with Crippen molar-refractivity contribution in [2.75, 3.05) is 7.05 Å². The Morgan fingerprint density at radius 3 is 2.40 bits per heavy atom. The van der Waals surface area contributed by atoms with Gasteiger partial charge in [0, 0.05) is 34.4 Å². The first-order chi connectivity index (χ1) is 9.60. The molecule has 0 aliphatic carbocycles. The highest BCUT2D eigenvalue weighted by atomic mass is 79.9. The SMILES string of the molecule is CNC(Cc1ccc(Br)cn1)Cc1c(F)cccc1F. The van der Waals surface area contributed by atoms with Crippen molar-refractivity contribution < 1.29 is 8.78 Å². The zero-order chi connectivity index (χ0) is 14.5. The van der Waals surface area contributed by atoms with Gasteiger partial charge in [0.05, 0.1) is 0 Å². The van der Waals surface area contributed by atoms with Crippen LogP contribution in [0.3, 0.4) is 0 Å². The average molecular weight is 341 g/mol. The van der Waals surface area contributed by atoms with Crippen molar-refractivity contribution in [1.29, 1.82) is 0 Å². The molecule has 0 aliphatic heterocycles. The number of pyridine rings is 1. The monoisotopic (exact) mass is 340 g/mol. The molecule has 1 atom stereocenters. The number of benzene rings is 1. The molecule has 0 radical (unpaired) electrons. The fourth-order valence-electron chi connectivity index (χ4n) is 2.03. The number of rotatable bonds is 5.